The van der Waals surface area contributed by atoms with Crippen LogP contribution in [0.15, 0.2) is 30.3 Å². The third kappa shape index (κ3) is 1.63. The zero-order chi connectivity index (χ0) is 11.8. The lowest BCUT2D eigenvalue weighted by Crippen LogP contribution is -2.16. The fraction of sp³-hybridized carbons (Fsp3) is 0.286. The molecule has 2 aromatic rings. The number of phenols is 1. The van der Waals surface area contributed by atoms with Crippen LogP contribution < -0.4 is 4.74 Å². The smallest absolute Gasteiger partial charge is 0.204 e. The minimum atomic E-state index is -0.266. The van der Waals surface area contributed by atoms with Crippen molar-refractivity contribution in [3.05, 3.63) is 35.9 Å². The van der Waals surface area contributed by atoms with Gasteiger partial charge < -0.3 is 14.6 Å². The van der Waals surface area contributed by atoms with E-state index in [1.54, 1.807) is 0 Å². The van der Waals surface area contributed by atoms with Crippen LogP contribution in [-0.2, 0) is 11.2 Å². The van der Waals surface area contributed by atoms with E-state index in [1.165, 1.54) is 0 Å². The van der Waals surface area contributed by atoms with Crippen molar-refractivity contribution < 1.29 is 14.6 Å². The molecule has 3 heteroatoms. The van der Waals surface area contributed by atoms with Crippen molar-refractivity contribution >= 4 is 10.8 Å². The summed E-state index contributed by atoms with van der Waals surface area (Å²) in [5.74, 6) is 1.06. The van der Waals surface area contributed by atoms with E-state index in [9.17, 15) is 5.11 Å². The van der Waals surface area contributed by atoms with Crippen LogP contribution in [0, 0.1) is 0 Å². The summed E-state index contributed by atoms with van der Waals surface area (Å²) >= 11 is 0. The van der Waals surface area contributed by atoms with Gasteiger partial charge in [0.05, 0.1) is 0 Å². The first-order valence-corrected chi connectivity index (χ1v) is 5.81. The number of phenolic OH excluding ortho intramolecular Hbond substituents is 1. The number of hydrogen-bond donors (Lipinski definition) is 1. The summed E-state index contributed by atoms with van der Waals surface area (Å²) in [6.07, 6.45) is 0.345. The first-order chi connectivity index (χ1) is 8.29. The second-order valence-corrected chi connectivity index (χ2v) is 4.13. The number of ether oxygens (including phenoxy) is 2. The van der Waals surface area contributed by atoms with E-state index in [0.717, 1.165) is 22.1 Å². The highest BCUT2D eigenvalue weighted by Crippen LogP contribution is 2.41. The lowest BCUT2D eigenvalue weighted by Gasteiger charge is -2.09. The number of rotatable bonds is 2. The Kier molecular flexibility index (Phi) is 2.41. The van der Waals surface area contributed by atoms with E-state index >= 15 is 0 Å². The second-order valence-electron chi connectivity index (χ2n) is 4.13. The fourth-order valence-electron chi connectivity index (χ4n) is 2.28. The summed E-state index contributed by atoms with van der Waals surface area (Å²) in [5.41, 5.74) is 0.849. The molecule has 1 N–H and O–H groups in total. The minimum Gasteiger partial charge on any atom is -0.507 e. The van der Waals surface area contributed by atoms with Crippen molar-refractivity contribution in [3.8, 4) is 11.5 Å². The zero-order valence-electron chi connectivity index (χ0n) is 9.64. The highest BCUT2D eigenvalue weighted by atomic mass is 16.7. The first-order valence-electron chi connectivity index (χ1n) is 5.81. The Labute approximate surface area is 99.6 Å². The van der Waals surface area contributed by atoms with E-state index in [4.69, 9.17) is 9.47 Å². The van der Waals surface area contributed by atoms with Gasteiger partial charge in [-0.2, -0.15) is 0 Å². The van der Waals surface area contributed by atoms with Crippen molar-refractivity contribution in [1.29, 1.82) is 0 Å². The summed E-state index contributed by atoms with van der Waals surface area (Å²) in [4.78, 5) is 0. The normalized spacial score (nSPS) is 18.1. The lowest BCUT2D eigenvalue weighted by atomic mass is 10.0. The van der Waals surface area contributed by atoms with Gasteiger partial charge in [0.25, 0.3) is 0 Å². The van der Waals surface area contributed by atoms with Crippen LogP contribution in [-0.4, -0.2) is 18.0 Å². The molecule has 0 saturated heterocycles. The van der Waals surface area contributed by atoms with Crippen molar-refractivity contribution in [1.82, 2.24) is 0 Å². The molecule has 1 aliphatic heterocycles. The largest absolute Gasteiger partial charge is 0.507 e. The molecule has 88 valence electrons. The molecular formula is C14H14O3. The van der Waals surface area contributed by atoms with Crippen molar-refractivity contribution in [2.24, 2.45) is 0 Å². The zero-order valence-corrected chi connectivity index (χ0v) is 9.64. The molecule has 0 aromatic heterocycles. The molecule has 0 radical (unpaired) electrons. The van der Waals surface area contributed by atoms with Gasteiger partial charge in [-0.05, 0) is 18.4 Å². The molecule has 17 heavy (non-hydrogen) atoms. The predicted octanol–water partition coefficient (Wildman–Crippen LogP) is 2.84. The Morgan fingerprint density at radius 2 is 2.24 bits per heavy atom. The van der Waals surface area contributed by atoms with Gasteiger partial charge in [-0.3, -0.25) is 0 Å². The van der Waals surface area contributed by atoms with Crippen LogP contribution >= 0.6 is 0 Å². The molecule has 0 aliphatic carbocycles. The number of benzene rings is 2. The number of fused-ring (bicyclic) bond motifs is 2. The van der Waals surface area contributed by atoms with E-state index in [-0.39, 0.29) is 6.29 Å². The second kappa shape index (κ2) is 3.93. The quantitative estimate of drug-likeness (QED) is 0.862. The molecule has 0 fully saturated rings. The topological polar surface area (TPSA) is 38.7 Å². The molecule has 0 spiro atoms. The summed E-state index contributed by atoms with van der Waals surface area (Å²) in [6.45, 7) is 2.54. The predicted molar refractivity (Wildman–Crippen MR) is 65.4 cm³/mol. The van der Waals surface area contributed by atoms with Gasteiger partial charge in [0.15, 0.2) is 0 Å². The van der Waals surface area contributed by atoms with Crippen LogP contribution in [0.4, 0.5) is 0 Å². The molecule has 0 saturated carbocycles. The van der Waals surface area contributed by atoms with Crippen molar-refractivity contribution in [3.63, 3.8) is 0 Å². The molecular weight excluding hydrogens is 216 g/mol. The van der Waals surface area contributed by atoms with E-state index in [0.29, 0.717) is 18.8 Å². The Hall–Kier alpha value is -1.74. The molecule has 1 unspecified atom stereocenters. The van der Waals surface area contributed by atoms with E-state index in [2.05, 4.69) is 0 Å². The van der Waals surface area contributed by atoms with Crippen LogP contribution in [0.25, 0.3) is 10.8 Å². The molecule has 3 nitrogen and oxygen atoms in total. The maximum atomic E-state index is 10.2. The van der Waals surface area contributed by atoms with E-state index < -0.39 is 0 Å². The van der Waals surface area contributed by atoms with Gasteiger partial charge in [0, 0.05) is 24.0 Å². The van der Waals surface area contributed by atoms with Gasteiger partial charge in [0.2, 0.25) is 6.29 Å². The highest BCUT2D eigenvalue weighted by molar-refractivity contribution is 5.91. The monoisotopic (exact) mass is 230 g/mol. The molecule has 1 atom stereocenters. The third-order valence-corrected chi connectivity index (χ3v) is 3.07. The Morgan fingerprint density at radius 3 is 3.06 bits per heavy atom. The van der Waals surface area contributed by atoms with E-state index in [1.807, 2.05) is 37.3 Å². The average molecular weight is 230 g/mol. The molecule has 1 heterocycles. The molecule has 2 aromatic carbocycles. The van der Waals surface area contributed by atoms with Crippen molar-refractivity contribution in [2.75, 3.05) is 6.61 Å². The molecule has 1 aliphatic rings. The Morgan fingerprint density at radius 1 is 1.41 bits per heavy atom. The van der Waals surface area contributed by atoms with Crippen LogP contribution in [0.5, 0.6) is 11.5 Å². The van der Waals surface area contributed by atoms with Crippen LogP contribution in [0.2, 0.25) is 0 Å². The maximum absolute atomic E-state index is 10.2. The molecule has 0 amide bonds. The maximum Gasteiger partial charge on any atom is 0.204 e. The summed E-state index contributed by atoms with van der Waals surface area (Å²) < 4.78 is 11.1. The van der Waals surface area contributed by atoms with Crippen LogP contribution in [0.3, 0.4) is 0 Å². The summed E-state index contributed by atoms with van der Waals surface area (Å²) in [7, 11) is 0. The van der Waals surface area contributed by atoms with Gasteiger partial charge in [-0.15, -0.1) is 0 Å². The fourth-order valence-corrected chi connectivity index (χ4v) is 2.28. The van der Waals surface area contributed by atoms with Crippen LogP contribution in [0.1, 0.15) is 12.5 Å². The standard InChI is InChI=1S/C14H14O3/c1-2-16-13-8-11-12(17-13)7-9-5-3-4-6-10(9)14(11)15/h3-7,13,15H,2,8H2,1H3. The lowest BCUT2D eigenvalue weighted by molar-refractivity contribution is -0.0602. The molecule has 0 bridgehead atoms. The Bertz CT molecular complexity index is 563. The third-order valence-electron chi connectivity index (χ3n) is 3.07. The van der Waals surface area contributed by atoms with Gasteiger partial charge >= 0.3 is 0 Å². The summed E-state index contributed by atoms with van der Waals surface area (Å²) in [6, 6.07) is 9.71. The number of hydrogen-bond acceptors (Lipinski definition) is 3. The van der Waals surface area contributed by atoms with Gasteiger partial charge in [0.1, 0.15) is 11.5 Å². The SMILES string of the molecule is CCOC1Cc2c(cc3ccccc3c2O)O1. The average Bonchev–Trinajstić information content (AvgIpc) is 2.73. The highest BCUT2D eigenvalue weighted by Gasteiger charge is 2.27. The first kappa shape index (κ1) is 10.4. The van der Waals surface area contributed by atoms with Gasteiger partial charge in [-0.1, -0.05) is 24.3 Å². The summed E-state index contributed by atoms with van der Waals surface area (Å²) in [5, 5.41) is 12.1. The number of aromatic hydroxyl groups is 1. The van der Waals surface area contributed by atoms with Crippen molar-refractivity contribution in [2.45, 2.75) is 19.6 Å². The van der Waals surface area contributed by atoms with Gasteiger partial charge in [-0.25, -0.2) is 0 Å². The molecule has 3 rings (SSSR count). The minimum absolute atomic E-state index is 0.266. The Balaban J connectivity index is 2.10.